The molecule has 0 unspecified atom stereocenters. The quantitative estimate of drug-likeness (QED) is 0.844. The zero-order valence-corrected chi connectivity index (χ0v) is 11.6. The van der Waals surface area contributed by atoms with Gasteiger partial charge >= 0.3 is 12.1 Å². The van der Waals surface area contributed by atoms with Crippen LogP contribution < -0.4 is 5.32 Å². The summed E-state index contributed by atoms with van der Waals surface area (Å²) in [5.74, 6) is -0.578. The van der Waals surface area contributed by atoms with Crippen molar-refractivity contribution >= 4 is 23.4 Å². The first-order chi connectivity index (χ1) is 9.74. The minimum atomic E-state index is -4.52. The number of nitrogens with one attached hydrogen (secondary N) is 1. The van der Waals surface area contributed by atoms with E-state index in [0.717, 1.165) is 6.07 Å². The van der Waals surface area contributed by atoms with Crippen LogP contribution in [-0.4, -0.2) is 23.6 Å². The lowest BCUT2D eigenvalue weighted by Crippen LogP contribution is -2.17. The van der Waals surface area contributed by atoms with Crippen LogP contribution in [-0.2, 0) is 15.7 Å². The van der Waals surface area contributed by atoms with Gasteiger partial charge in [-0.25, -0.2) is 4.98 Å². The summed E-state index contributed by atoms with van der Waals surface area (Å²) in [5.41, 5.74) is -0.958. The maximum absolute atomic E-state index is 12.4. The Hall–Kier alpha value is -2.01. The fourth-order valence-electron chi connectivity index (χ4n) is 1.29. The minimum absolute atomic E-state index is 0.0331. The zero-order valence-electron chi connectivity index (χ0n) is 10.9. The lowest BCUT2D eigenvalue weighted by molar-refractivity contribution is -0.145. The molecule has 0 radical (unpaired) electrons. The van der Waals surface area contributed by atoms with Crippen LogP contribution in [0.5, 0.6) is 0 Å². The molecule has 0 spiro atoms. The number of carbonyl (C=O) groups is 1. The summed E-state index contributed by atoms with van der Waals surface area (Å²) in [6, 6.07) is 2.47. The van der Waals surface area contributed by atoms with Gasteiger partial charge in [-0.05, 0) is 13.0 Å². The number of esters is 1. The number of alkyl halides is 3. The molecule has 0 aliphatic carbocycles. The third kappa shape index (κ3) is 5.47. The Morgan fingerprint density at radius 3 is 2.81 bits per heavy atom. The molecule has 0 fully saturated rings. The van der Waals surface area contributed by atoms with Crippen molar-refractivity contribution in [2.24, 2.45) is 0 Å². The van der Waals surface area contributed by atoms with Crippen molar-refractivity contribution in [2.75, 3.05) is 11.9 Å². The number of pyridine rings is 1. The molecule has 114 valence electrons. The normalized spacial score (nSPS) is 12.4. The monoisotopic (exact) mass is 321 g/mol. The van der Waals surface area contributed by atoms with E-state index in [4.69, 9.17) is 16.9 Å². The van der Waals surface area contributed by atoms with Crippen LogP contribution >= 0.6 is 11.6 Å². The zero-order chi connectivity index (χ0) is 16.0. The van der Waals surface area contributed by atoms with Gasteiger partial charge in [-0.3, -0.25) is 4.79 Å². The van der Waals surface area contributed by atoms with Gasteiger partial charge in [0.05, 0.1) is 17.0 Å². The van der Waals surface area contributed by atoms with Gasteiger partial charge in [0.15, 0.2) is 6.10 Å². The summed E-state index contributed by atoms with van der Waals surface area (Å²) in [7, 11) is 0. The number of nitrogens with zero attached hydrogens (tertiary/aromatic N) is 2. The highest BCUT2D eigenvalue weighted by Gasteiger charge is 2.31. The molecular weight excluding hydrogens is 311 g/mol. The number of hydrogen-bond donors (Lipinski definition) is 1. The van der Waals surface area contributed by atoms with E-state index in [1.165, 1.54) is 6.92 Å². The Kier molecular flexibility index (Phi) is 5.79. The summed E-state index contributed by atoms with van der Waals surface area (Å²) in [6.07, 6.45) is -4.81. The number of ether oxygens (including phenoxy) is 1. The molecule has 0 aromatic carbocycles. The highest BCUT2D eigenvalue weighted by Crippen LogP contribution is 2.32. The van der Waals surface area contributed by atoms with Crippen LogP contribution in [0.4, 0.5) is 19.0 Å². The van der Waals surface area contributed by atoms with E-state index < -0.39 is 23.8 Å². The fraction of sp³-hybridized carbons (Fsp3) is 0.417. The van der Waals surface area contributed by atoms with E-state index in [1.54, 1.807) is 6.07 Å². The second kappa shape index (κ2) is 7.13. The van der Waals surface area contributed by atoms with Crippen molar-refractivity contribution in [2.45, 2.75) is 25.6 Å². The molecule has 21 heavy (non-hydrogen) atoms. The van der Waals surface area contributed by atoms with Crippen LogP contribution in [0.2, 0.25) is 5.02 Å². The van der Waals surface area contributed by atoms with Gasteiger partial charge in [-0.15, -0.1) is 0 Å². The third-order valence-electron chi connectivity index (χ3n) is 2.28. The molecule has 1 aromatic heterocycles. The number of anilines is 1. The topological polar surface area (TPSA) is 75.0 Å². The molecule has 5 nitrogen and oxygen atoms in total. The number of rotatable bonds is 5. The molecule has 0 amide bonds. The SMILES string of the molecule is C[C@@H](C#N)OC(=O)CCNc1ncc(C(F)(F)F)cc1Cl. The van der Waals surface area contributed by atoms with E-state index in [0.29, 0.717) is 6.20 Å². The first-order valence-corrected chi connectivity index (χ1v) is 6.17. The first kappa shape index (κ1) is 17.0. The number of hydrogen-bond acceptors (Lipinski definition) is 5. The molecule has 1 heterocycles. The molecule has 0 aliphatic rings. The van der Waals surface area contributed by atoms with Gasteiger partial charge in [0, 0.05) is 12.7 Å². The summed E-state index contributed by atoms with van der Waals surface area (Å²) < 4.78 is 41.9. The summed E-state index contributed by atoms with van der Waals surface area (Å²) in [6.45, 7) is 1.48. The van der Waals surface area contributed by atoms with Gasteiger partial charge in [-0.2, -0.15) is 18.4 Å². The molecular formula is C12H11ClF3N3O2. The Morgan fingerprint density at radius 1 is 1.62 bits per heavy atom. The van der Waals surface area contributed by atoms with Crippen molar-refractivity contribution in [1.29, 1.82) is 5.26 Å². The number of nitriles is 1. The van der Waals surface area contributed by atoms with Crippen LogP contribution in [0.3, 0.4) is 0 Å². The smallest absolute Gasteiger partial charge is 0.417 e. The Labute approximate surface area is 123 Å². The van der Waals surface area contributed by atoms with E-state index in [-0.39, 0.29) is 23.8 Å². The lowest BCUT2D eigenvalue weighted by Gasteiger charge is -2.11. The lowest BCUT2D eigenvalue weighted by atomic mass is 10.2. The Morgan fingerprint density at radius 2 is 2.29 bits per heavy atom. The summed E-state index contributed by atoms with van der Waals surface area (Å²) in [4.78, 5) is 14.8. The van der Waals surface area contributed by atoms with Gasteiger partial charge in [0.25, 0.3) is 0 Å². The Bertz CT molecular complexity index is 558. The molecule has 0 aliphatic heterocycles. The van der Waals surface area contributed by atoms with Crippen LogP contribution in [0.25, 0.3) is 0 Å². The largest absolute Gasteiger partial charge is 0.447 e. The van der Waals surface area contributed by atoms with Crippen LogP contribution in [0.1, 0.15) is 18.9 Å². The number of halogens is 4. The highest BCUT2D eigenvalue weighted by molar-refractivity contribution is 6.32. The second-order valence-electron chi connectivity index (χ2n) is 3.99. The maximum atomic E-state index is 12.4. The van der Waals surface area contributed by atoms with E-state index in [2.05, 4.69) is 15.0 Å². The van der Waals surface area contributed by atoms with Crippen LogP contribution in [0, 0.1) is 11.3 Å². The van der Waals surface area contributed by atoms with Crippen molar-refractivity contribution in [1.82, 2.24) is 4.98 Å². The van der Waals surface area contributed by atoms with Gasteiger partial charge in [0.1, 0.15) is 11.9 Å². The molecule has 1 aromatic rings. The van der Waals surface area contributed by atoms with Crippen molar-refractivity contribution in [3.63, 3.8) is 0 Å². The third-order valence-corrected chi connectivity index (χ3v) is 2.57. The van der Waals surface area contributed by atoms with E-state index in [9.17, 15) is 18.0 Å². The van der Waals surface area contributed by atoms with Crippen LogP contribution in [0.15, 0.2) is 12.3 Å². The summed E-state index contributed by atoms with van der Waals surface area (Å²) >= 11 is 5.67. The number of carbonyl (C=O) groups excluding carboxylic acids is 1. The van der Waals surface area contributed by atoms with Crippen molar-refractivity contribution < 1.29 is 22.7 Å². The molecule has 0 bridgehead atoms. The van der Waals surface area contributed by atoms with Gasteiger partial charge in [-0.1, -0.05) is 11.6 Å². The molecule has 1 N–H and O–H groups in total. The average molecular weight is 322 g/mol. The van der Waals surface area contributed by atoms with Crippen molar-refractivity contribution in [3.05, 3.63) is 22.8 Å². The molecule has 9 heteroatoms. The molecule has 0 saturated heterocycles. The van der Waals surface area contributed by atoms with Gasteiger partial charge in [0.2, 0.25) is 0 Å². The minimum Gasteiger partial charge on any atom is -0.447 e. The predicted octanol–water partition coefficient (Wildman–Crippen LogP) is 3.01. The molecule has 0 saturated carbocycles. The van der Waals surface area contributed by atoms with Crippen molar-refractivity contribution in [3.8, 4) is 6.07 Å². The highest BCUT2D eigenvalue weighted by atomic mass is 35.5. The average Bonchev–Trinajstić information content (AvgIpc) is 2.39. The standard InChI is InChI=1S/C12H11ClF3N3O2/c1-7(5-17)21-10(20)2-3-18-11-9(13)4-8(6-19-11)12(14,15)16/h4,6-7H,2-3H2,1H3,(H,18,19)/t7-/m0/s1. The van der Waals surface area contributed by atoms with Gasteiger partial charge < -0.3 is 10.1 Å². The van der Waals surface area contributed by atoms with E-state index in [1.807, 2.05) is 0 Å². The maximum Gasteiger partial charge on any atom is 0.417 e. The summed E-state index contributed by atoms with van der Waals surface area (Å²) in [5, 5.41) is 10.9. The second-order valence-corrected chi connectivity index (χ2v) is 4.40. The predicted molar refractivity (Wildman–Crippen MR) is 68.5 cm³/mol. The molecule has 1 rings (SSSR count). The Balaban J connectivity index is 2.54. The fourth-order valence-corrected chi connectivity index (χ4v) is 1.52. The van der Waals surface area contributed by atoms with E-state index >= 15 is 0 Å². The first-order valence-electron chi connectivity index (χ1n) is 5.79. The number of aromatic nitrogens is 1. The molecule has 1 atom stereocenters.